The van der Waals surface area contributed by atoms with Crippen LogP contribution in [0.15, 0.2) is 17.0 Å². The zero-order chi connectivity index (χ0) is 18.5. The molecule has 2 fully saturated rings. The molecular formula is C20H23ClO4S. The van der Waals surface area contributed by atoms with E-state index in [1.165, 1.54) is 32.1 Å². The third-order valence-electron chi connectivity index (χ3n) is 4.85. The number of Topliss-reactive ketones (excluding diaryl/α,β-unsaturated/α-hetero) is 1. The van der Waals surface area contributed by atoms with Crippen LogP contribution in [0.2, 0.25) is 5.02 Å². The normalized spacial score (nSPS) is 20.0. The lowest BCUT2D eigenvalue weighted by Crippen LogP contribution is -2.11. The van der Waals surface area contributed by atoms with Crippen LogP contribution in [0.1, 0.15) is 50.5 Å². The smallest absolute Gasteiger partial charge is 0.201 e. The molecule has 0 amide bonds. The van der Waals surface area contributed by atoms with Gasteiger partial charge in [0, 0.05) is 0 Å². The predicted octanol–water partition coefficient (Wildman–Crippen LogP) is 5.27. The molecule has 0 unspecified atom stereocenters. The van der Waals surface area contributed by atoms with E-state index in [-0.39, 0.29) is 17.3 Å². The van der Waals surface area contributed by atoms with Crippen LogP contribution < -0.4 is 9.47 Å². The Bertz CT molecular complexity index is 723. The molecule has 1 aromatic rings. The van der Waals surface area contributed by atoms with E-state index in [2.05, 4.69) is 0 Å². The van der Waals surface area contributed by atoms with Gasteiger partial charge in [0.05, 0.1) is 30.1 Å². The maximum atomic E-state index is 11.8. The molecule has 1 aliphatic carbocycles. The monoisotopic (exact) mass is 394 g/mol. The van der Waals surface area contributed by atoms with Crippen LogP contribution in [-0.2, 0) is 9.59 Å². The topological polar surface area (TPSA) is 52.6 Å². The number of methoxy groups -OCH3 is 1. The first-order valence-electron chi connectivity index (χ1n) is 9.02. The fourth-order valence-electron chi connectivity index (χ4n) is 3.46. The van der Waals surface area contributed by atoms with Gasteiger partial charge in [-0.2, -0.15) is 0 Å². The van der Waals surface area contributed by atoms with E-state index in [9.17, 15) is 9.59 Å². The summed E-state index contributed by atoms with van der Waals surface area (Å²) < 4.78 is 11.3. The number of hydrogen-bond donors (Lipinski definition) is 0. The average Bonchev–Trinajstić information content (AvgIpc) is 2.94. The number of halogens is 1. The molecule has 1 aromatic carbocycles. The number of carbonyl (C=O) groups excluding carboxylic acids is 2. The van der Waals surface area contributed by atoms with Gasteiger partial charge in [0.25, 0.3) is 0 Å². The van der Waals surface area contributed by atoms with Gasteiger partial charge in [0.1, 0.15) is 0 Å². The van der Waals surface area contributed by atoms with Crippen LogP contribution in [0.25, 0.3) is 6.08 Å². The number of carbonyl (C=O) groups is 2. The average molecular weight is 395 g/mol. The maximum absolute atomic E-state index is 11.8. The zero-order valence-electron chi connectivity index (χ0n) is 14.9. The SMILES string of the molecule is COc1cc(/C=C2\SC(=O)CC2=O)cc(Cl)c1OCCC1CCCCC1. The number of allylic oxidation sites excluding steroid dienone is 1. The second kappa shape index (κ2) is 8.96. The first-order valence-corrected chi connectivity index (χ1v) is 10.2. The summed E-state index contributed by atoms with van der Waals surface area (Å²) in [6.07, 6.45) is 9.21. The minimum atomic E-state index is -0.150. The number of thioether (sulfide) groups is 1. The summed E-state index contributed by atoms with van der Waals surface area (Å²) in [6, 6.07) is 3.52. The molecule has 0 atom stereocenters. The molecule has 2 aliphatic rings. The van der Waals surface area contributed by atoms with Gasteiger partial charge in [0.2, 0.25) is 5.12 Å². The quantitative estimate of drug-likeness (QED) is 0.485. The second-order valence-electron chi connectivity index (χ2n) is 6.76. The van der Waals surface area contributed by atoms with Crippen LogP contribution in [0.5, 0.6) is 11.5 Å². The van der Waals surface area contributed by atoms with Gasteiger partial charge < -0.3 is 9.47 Å². The molecule has 1 saturated heterocycles. The lowest BCUT2D eigenvalue weighted by Gasteiger charge is -2.22. The molecular weight excluding hydrogens is 372 g/mol. The van der Waals surface area contributed by atoms with Crippen molar-refractivity contribution in [1.29, 1.82) is 0 Å². The van der Waals surface area contributed by atoms with E-state index in [1.807, 2.05) is 0 Å². The summed E-state index contributed by atoms with van der Waals surface area (Å²) in [6.45, 7) is 0.615. The molecule has 0 radical (unpaired) electrons. The Morgan fingerprint density at radius 1 is 1.23 bits per heavy atom. The molecule has 0 N–H and O–H groups in total. The molecule has 1 saturated carbocycles. The van der Waals surface area contributed by atoms with Crippen molar-refractivity contribution in [3.8, 4) is 11.5 Å². The van der Waals surface area contributed by atoms with Crippen LogP contribution in [0, 0.1) is 5.92 Å². The second-order valence-corrected chi connectivity index (χ2v) is 8.26. The fourth-order valence-corrected chi connectivity index (χ4v) is 4.57. The van der Waals surface area contributed by atoms with Crippen molar-refractivity contribution in [2.24, 2.45) is 5.92 Å². The molecule has 1 heterocycles. The highest BCUT2D eigenvalue weighted by Crippen LogP contribution is 2.39. The Hall–Kier alpha value is -1.46. The van der Waals surface area contributed by atoms with E-state index in [0.29, 0.717) is 28.0 Å². The Morgan fingerprint density at radius 3 is 2.65 bits per heavy atom. The molecule has 0 spiro atoms. The number of benzene rings is 1. The summed E-state index contributed by atoms with van der Waals surface area (Å²) in [7, 11) is 1.57. The Kier molecular flexibility index (Phi) is 6.65. The Morgan fingerprint density at radius 2 is 2.00 bits per heavy atom. The molecule has 1 aliphatic heterocycles. The molecule has 4 nitrogen and oxygen atoms in total. The van der Waals surface area contributed by atoms with Gasteiger partial charge in [-0.15, -0.1) is 0 Å². The molecule has 0 aromatic heterocycles. The number of hydrogen-bond acceptors (Lipinski definition) is 5. The van der Waals surface area contributed by atoms with Crippen molar-refractivity contribution >= 4 is 40.3 Å². The molecule has 0 bridgehead atoms. The van der Waals surface area contributed by atoms with Crippen LogP contribution >= 0.6 is 23.4 Å². The lowest BCUT2D eigenvalue weighted by atomic mass is 9.87. The summed E-state index contributed by atoms with van der Waals surface area (Å²) in [5, 5.41) is 0.323. The van der Waals surface area contributed by atoms with Gasteiger partial charge in [-0.25, -0.2) is 0 Å². The van der Waals surface area contributed by atoms with Crippen molar-refractivity contribution in [3.63, 3.8) is 0 Å². The van der Waals surface area contributed by atoms with Crippen LogP contribution in [0.4, 0.5) is 0 Å². The molecule has 6 heteroatoms. The summed E-state index contributed by atoms with van der Waals surface area (Å²) >= 11 is 7.37. The van der Waals surface area contributed by atoms with E-state index in [0.717, 1.165) is 29.7 Å². The Labute approximate surface area is 163 Å². The summed E-state index contributed by atoms with van der Waals surface area (Å²) in [5.41, 5.74) is 0.719. The minimum Gasteiger partial charge on any atom is -0.493 e. The van der Waals surface area contributed by atoms with E-state index >= 15 is 0 Å². The first-order chi connectivity index (χ1) is 12.6. The van der Waals surface area contributed by atoms with Gasteiger partial charge in [0.15, 0.2) is 17.3 Å². The number of ether oxygens (including phenoxy) is 2. The predicted molar refractivity (Wildman–Crippen MR) is 105 cm³/mol. The minimum absolute atomic E-state index is 0.0380. The van der Waals surface area contributed by atoms with E-state index in [1.54, 1.807) is 25.3 Å². The van der Waals surface area contributed by atoms with Crippen LogP contribution in [0.3, 0.4) is 0 Å². The van der Waals surface area contributed by atoms with Crippen molar-refractivity contribution in [2.75, 3.05) is 13.7 Å². The Balaban J connectivity index is 1.69. The number of rotatable bonds is 6. The van der Waals surface area contributed by atoms with Crippen molar-refractivity contribution in [3.05, 3.63) is 27.6 Å². The van der Waals surface area contributed by atoms with E-state index < -0.39 is 0 Å². The van der Waals surface area contributed by atoms with E-state index in [4.69, 9.17) is 21.1 Å². The van der Waals surface area contributed by atoms with Crippen molar-refractivity contribution in [2.45, 2.75) is 44.9 Å². The highest BCUT2D eigenvalue weighted by atomic mass is 35.5. The molecule has 3 rings (SSSR count). The maximum Gasteiger partial charge on any atom is 0.201 e. The van der Waals surface area contributed by atoms with Gasteiger partial charge in [-0.1, -0.05) is 43.7 Å². The first kappa shape index (κ1) is 19.3. The zero-order valence-corrected chi connectivity index (χ0v) is 16.5. The molecule has 26 heavy (non-hydrogen) atoms. The van der Waals surface area contributed by atoms with Gasteiger partial charge >= 0.3 is 0 Å². The largest absolute Gasteiger partial charge is 0.493 e. The standard InChI is InChI=1S/C20H23ClO4S/c1-24-17-10-14(11-18-16(22)12-19(23)26-18)9-15(21)20(17)25-8-7-13-5-3-2-4-6-13/h9-11,13H,2-8,12H2,1H3/b18-11-. The van der Waals surface area contributed by atoms with Gasteiger partial charge in [-0.3, -0.25) is 9.59 Å². The van der Waals surface area contributed by atoms with Crippen molar-refractivity contribution in [1.82, 2.24) is 0 Å². The lowest BCUT2D eigenvalue weighted by molar-refractivity contribution is -0.119. The van der Waals surface area contributed by atoms with Crippen molar-refractivity contribution < 1.29 is 19.1 Å². The summed E-state index contributed by atoms with van der Waals surface area (Å²) in [4.78, 5) is 23.6. The summed E-state index contributed by atoms with van der Waals surface area (Å²) in [5.74, 6) is 1.66. The fraction of sp³-hybridized carbons (Fsp3) is 0.500. The third kappa shape index (κ3) is 4.83. The molecule has 140 valence electrons. The highest BCUT2D eigenvalue weighted by molar-refractivity contribution is 8.18. The van der Waals surface area contributed by atoms with Gasteiger partial charge in [-0.05, 0) is 47.9 Å². The van der Waals surface area contributed by atoms with Crippen LogP contribution in [-0.4, -0.2) is 24.6 Å². The highest BCUT2D eigenvalue weighted by Gasteiger charge is 2.26. The third-order valence-corrected chi connectivity index (χ3v) is 6.07. The number of ketones is 1.